The number of amides is 1. The maximum atomic E-state index is 12.2. The summed E-state index contributed by atoms with van der Waals surface area (Å²) in [5.74, 6) is 0.00475. The molecule has 0 aliphatic heterocycles. The first-order valence-corrected chi connectivity index (χ1v) is 8.87. The minimum absolute atomic E-state index is 0.00475. The van der Waals surface area contributed by atoms with E-state index in [1.54, 1.807) is 11.3 Å². The summed E-state index contributed by atoms with van der Waals surface area (Å²) in [5.41, 5.74) is 2.15. The number of benzene rings is 2. The third-order valence-corrected chi connectivity index (χ3v) is 5.18. The number of halogens is 1. The largest absolute Gasteiger partial charge is 0.353 e. The molecule has 23 heavy (non-hydrogen) atoms. The van der Waals surface area contributed by atoms with E-state index >= 15 is 0 Å². The summed E-state index contributed by atoms with van der Waals surface area (Å²) in [6.45, 7) is 2.04. The van der Waals surface area contributed by atoms with Crippen LogP contribution in [-0.2, 0) is 17.6 Å². The number of thiophene rings is 1. The Hall–Kier alpha value is -1.84. The summed E-state index contributed by atoms with van der Waals surface area (Å²) < 4.78 is 1.29. The molecule has 2 aromatic carbocycles. The first kappa shape index (κ1) is 16.0. The molecule has 3 rings (SSSR count). The van der Waals surface area contributed by atoms with Crippen molar-refractivity contribution < 1.29 is 4.79 Å². The molecule has 0 saturated heterocycles. The molecule has 0 unspecified atom stereocenters. The molecule has 0 bridgehead atoms. The average Bonchev–Trinajstić information content (AvgIpc) is 2.93. The molecule has 1 atom stereocenters. The van der Waals surface area contributed by atoms with E-state index in [2.05, 4.69) is 35.0 Å². The summed E-state index contributed by atoms with van der Waals surface area (Å²) in [4.78, 5) is 12.2. The lowest BCUT2D eigenvalue weighted by Crippen LogP contribution is -2.35. The first-order chi connectivity index (χ1) is 11.1. The Morgan fingerprint density at radius 3 is 2.70 bits per heavy atom. The van der Waals surface area contributed by atoms with Crippen molar-refractivity contribution in [1.29, 1.82) is 0 Å². The summed E-state index contributed by atoms with van der Waals surface area (Å²) in [6, 6.07) is 15.9. The lowest BCUT2D eigenvalue weighted by atomic mass is 10.1. The van der Waals surface area contributed by atoms with Gasteiger partial charge in [-0.2, -0.15) is 0 Å². The Kier molecular flexibility index (Phi) is 4.99. The van der Waals surface area contributed by atoms with Crippen molar-refractivity contribution in [1.82, 2.24) is 5.32 Å². The zero-order chi connectivity index (χ0) is 16.2. The second-order valence-electron chi connectivity index (χ2n) is 5.70. The molecule has 0 aliphatic rings. The molecule has 3 aromatic rings. The number of carbonyl (C=O) groups is 1. The summed E-state index contributed by atoms with van der Waals surface area (Å²) in [7, 11) is 0. The highest BCUT2D eigenvalue weighted by Gasteiger charge is 2.12. The number of hydrogen-bond acceptors (Lipinski definition) is 2. The minimum Gasteiger partial charge on any atom is -0.353 e. The van der Waals surface area contributed by atoms with Gasteiger partial charge in [0.15, 0.2) is 0 Å². The fourth-order valence-electron chi connectivity index (χ4n) is 2.71. The molecule has 0 aliphatic carbocycles. The van der Waals surface area contributed by atoms with Crippen LogP contribution in [0.25, 0.3) is 10.1 Å². The average molecular weight is 344 g/mol. The third-order valence-electron chi connectivity index (χ3n) is 3.80. The molecule has 0 radical (unpaired) electrons. The van der Waals surface area contributed by atoms with Crippen LogP contribution in [0.2, 0.25) is 5.02 Å². The Labute approximate surface area is 145 Å². The zero-order valence-corrected chi connectivity index (χ0v) is 14.5. The highest BCUT2D eigenvalue weighted by molar-refractivity contribution is 7.17. The molecule has 1 heterocycles. The van der Waals surface area contributed by atoms with Gasteiger partial charge in [0.05, 0.1) is 6.42 Å². The van der Waals surface area contributed by atoms with Crippen molar-refractivity contribution in [2.24, 2.45) is 0 Å². The van der Waals surface area contributed by atoms with Gasteiger partial charge in [0, 0.05) is 15.8 Å². The van der Waals surface area contributed by atoms with E-state index in [0.717, 1.165) is 12.0 Å². The Balaban J connectivity index is 1.62. The molecule has 0 saturated carbocycles. The standard InChI is InChI=1S/C19H18ClNOS/c1-13(10-15-12-23-18-9-5-3-7-16(15)18)21-19(22)11-14-6-2-4-8-17(14)20/h2-9,12-13H,10-11H2,1H3,(H,21,22)/t13-/m0/s1. The maximum Gasteiger partial charge on any atom is 0.224 e. The van der Waals surface area contributed by atoms with Gasteiger partial charge in [0.2, 0.25) is 5.91 Å². The molecule has 1 N–H and O–H groups in total. The Morgan fingerprint density at radius 2 is 1.87 bits per heavy atom. The van der Waals surface area contributed by atoms with Gasteiger partial charge in [-0.25, -0.2) is 0 Å². The lowest BCUT2D eigenvalue weighted by molar-refractivity contribution is -0.121. The van der Waals surface area contributed by atoms with Gasteiger partial charge in [-0.1, -0.05) is 48.0 Å². The zero-order valence-electron chi connectivity index (χ0n) is 12.9. The molecular weight excluding hydrogens is 326 g/mol. The second kappa shape index (κ2) is 7.16. The van der Waals surface area contributed by atoms with Crippen molar-refractivity contribution in [3.8, 4) is 0 Å². The molecule has 1 aromatic heterocycles. The van der Waals surface area contributed by atoms with Gasteiger partial charge in [-0.05, 0) is 47.4 Å². The van der Waals surface area contributed by atoms with E-state index < -0.39 is 0 Å². The van der Waals surface area contributed by atoms with Crippen LogP contribution in [0, 0.1) is 0 Å². The van der Waals surface area contributed by atoms with Crippen LogP contribution in [-0.4, -0.2) is 11.9 Å². The van der Waals surface area contributed by atoms with Crippen LogP contribution in [0.3, 0.4) is 0 Å². The SMILES string of the molecule is C[C@@H](Cc1csc2ccccc12)NC(=O)Cc1ccccc1Cl. The fraction of sp³-hybridized carbons (Fsp3) is 0.211. The third kappa shape index (κ3) is 3.92. The van der Waals surface area contributed by atoms with Gasteiger partial charge < -0.3 is 5.32 Å². The molecule has 0 fully saturated rings. The molecular formula is C19H18ClNOS. The quantitative estimate of drug-likeness (QED) is 0.705. The van der Waals surface area contributed by atoms with E-state index in [1.807, 2.05) is 31.2 Å². The normalized spacial score (nSPS) is 12.3. The molecule has 0 spiro atoms. The smallest absolute Gasteiger partial charge is 0.224 e. The fourth-order valence-corrected chi connectivity index (χ4v) is 3.89. The predicted molar refractivity (Wildman–Crippen MR) is 98.3 cm³/mol. The van der Waals surface area contributed by atoms with E-state index in [1.165, 1.54) is 15.6 Å². The van der Waals surface area contributed by atoms with E-state index in [9.17, 15) is 4.79 Å². The highest BCUT2D eigenvalue weighted by Crippen LogP contribution is 2.26. The minimum atomic E-state index is 0.00475. The van der Waals surface area contributed by atoms with Gasteiger partial charge in [0.1, 0.15) is 0 Å². The van der Waals surface area contributed by atoms with Crippen molar-refractivity contribution in [3.63, 3.8) is 0 Å². The van der Waals surface area contributed by atoms with Crippen LogP contribution >= 0.6 is 22.9 Å². The van der Waals surface area contributed by atoms with Crippen LogP contribution in [0.4, 0.5) is 0 Å². The van der Waals surface area contributed by atoms with E-state index in [0.29, 0.717) is 11.4 Å². The van der Waals surface area contributed by atoms with E-state index in [-0.39, 0.29) is 11.9 Å². The van der Waals surface area contributed by atoms with Crippen LogP contribution in [0.1, 0.15) is 18.1 Å². The molecule has 1 amide bonds. The predicted octanol–water partition coefficient (Wildman–Crippen LogP) is 4.84. The summed E-state index contributed by atoms with van der Waals surface area (Å²) in [6.07, 6.45) is 1.15. The van der Waals surface area contributed by atoms with Gasteiger partial charge in [-0.15, -0.1) is 11.3 Å². The number of fused-ring (bicyclic) bond motifs is 1. The molecule has 118 valence electrons. The van der Waals surface area contributed by atoms with Gasteiger partial charge in [-0.3, -0.25) is 4.79 Å². The van der Waals surface area contributed by atoms with Crippen LogP contribution in [0.15, 0.2) is 53.9 Å². The van der Waals surface area contributed by atoms with Crippen molar-refractivity contribution >= 4 is 38.9 Å². The van der Waals surface area contributed by atoms with E-state index in [4.69, 9.17) is 11.6 Å². The van der Waals surface area contributed by atoms with Crippen molar-refractivity contribution in [2.45, 2.75) is 25.8 Å². The number of hydrogen-bond donors (Lipinski definition) is 1. The first-order valence-electron chi connectivity index (χ1n) is 7.61. The summed E-state index contributed by atoms with van der Waals surface area (Å²) >= 11 is 7.86. The summed E-state index contributed by atoms with van der Waals surface area (Å²) in [5, 5.41) is 7.17. The van der Waals surface area contributed by atoms with Crippen molar-refractivity contribution in [3.05, 3.63) is 70.1 Å². The Bertz CT molecular complexity index is 827. The Morgan fingerprint density at radius 1 is 1.13 bits per heavy atom. The maximum absolute atomic E-state index is 12.2. The van der Waals surface area contributed by atoms with Crippen LogP contribution < -0.4 is 5.32 Å². The van der Waals surface area contributed by atoms with Gasteiger partial charge in [0.25, 0.3) is 0 Å². The van der Waals surface area contributed by atoms with Crippen molar-refractivity contribution in [2.75, 3.05) is 0 Å². The topological polar surface area (TPSA) is 29.1 Å². The molecule has 4 heteroatoms. The van der Waals surface area contributed by atoms with Crippen LogP contribution in [0.5, 0.6) is 0 Å². The van der Waals surface area contributed by atoms with Gasteiger partial charge >= 0.3 is 0 Å². The number of nitrogens with one attached hydrogen (secondary N) is 1. The monoisotopic (exact) mass is 343 g/mol. The second-order valence-corrected chi connectivity index (χ2v) is 7.02. The number of rotatable bonds is 5. The lowest BCUT2D eigenvalue weighted by Gasteiger charge is -2.14. The molecule has 2 nitrogen and oxygen atoms in total. The number of carbonyl (C=O) groups excluding carboxylic acids is 1. The highest BCUT2D eigenvalue weighted by atomic mass is 35.5.